The van der Waals surface area contributed by atoms with E-state index in [0.717, 1.165) is 22.0 Å². The van der Waals surface area contributed by atoms with Crippen LogP contribution in [0.15, 0.2) is 120 Å². The Kier molecular flexibility index (Phi) is 9.16. The summed E-state index contributed by atoms with van der Waals surface area (Å²) in [4.78, 5) is 27.1. The van der Waals surface area contributed by atoms with Gasteiger partial charge in [-0.2, -0.15) is 0 Å². The molecule has 0 aliphatic rings. The average Bonchev–Trinajstić information content (AvgIpc) is 2.94. The second kappa shape index (κ2) is 13.1. The van der Waals surface area contributed by atoms with Crippen molar-refractivity contribution in [2.24, 2.45) is 0 Å². The number of benzene rings is 4. The maximum atomic E-state index is 13.2. The van der Waals surface area contributed by atoms with E-state index in [4.69, 9.17) is 4.74 Å². The summed E-state index contributed by atoms with van der Waals surface area (Å²) in [5.41, 5.74) is 3.26. The van der Waals surface area contributed by atoms with E-state index in [9.17, 15) is 9.59 Å². The third-order valence-corrected chi connectivity index (χ3v) is 6.47. The van der Waals surface area contributed by atoms with Crippen molar-refractivity contribution in [3.8, 4) is 5.75 Å². The van der Waals surface area contributed by atoms with Gasteiger partial charge in [0.15, 0.2) is 0 Å². The van der Waals surface area contributed by atoms with Crippen LogP contribution in [0.2, 0.25) is 0 Å². The molecule has 2 amide bonds. The third kappa shape index (κ3) is 7.85. The van der Waals surface area contributed by atoms with Crippen LogP contribution in [-0.4, -0.2) is 18.4 Å². The number of hydrogen-bond donors (Lipinski definition) is 2. The number of amides is 2. The van der Waals surface area contributed by atoms with Gasteiger partial charge in [0.25, 0.3) is 11.8 Å². The number of nitrogens with one attached hydrogen (secondary N) is 2. The highest BCUT2D eigenvalue weighted by Gasteiger charge is 2.15. The van der Waals surface area contributed by atoms with Gasteiger partial charge in [-0.3, -0.25) is 9.59 Å². The molecule has 6 heteroatoms. The maximum absolute atomic E-state index is 13.2. The van der Waals surface area contributed by atoms with Crippen LogP contribution < -0.4 is 15.4 Å². The van der Waals surface area contributed by atoms with E-state index in [1.54, 1.807) is 42.1 Å². The van der Waals surface area contributed by atoms with Crippen LogP contribution >= 0.6 is 11.8 Å². The normalized spacial score (nSPS) is 11.0. The summed E-state index contributed by atoms with van der Waals surface area (Å²) in [6.07, 6.45) is 1.65. The molecule has 186 valence electrons. The van der Waals surface area contributed by atoms with Gasteiger partial charge in [-0.1, -0.05) is 60.7 Å². The lowest BCUT2D eigenvalue weighted by Gasteiger charge is -2.12. The smallest absolute Gasteiger partial charge is 0.272 e. The van der Waals surface area contributed by atoms with Gasteiger partial charge in [0.05, 0.1) is 6.61 Å². The Bertz CT molecular complexity index is 1340. The molecule has 0 aliphatic heterocycles. The van der Waals surface area contributed by atoms with E-state index in [1.165, 1.54) is 5.56 Å². The first-order valence-corrected chi connectivity index (χ1v) is 13.0. The Morgan fingerprint density at radius 3 is 2.11 bits per heavy atom. The molecule has 37 heavy (non-hydrogen) atoms. The molecule has 0 bridgehead atoms. The molecular formula is C31H28N2O3S. The fraction of sp³-hybridized carbons (Fsp3) is 0.0968. The van der Waals surface area contributed by atoms with Gasteiger partial charge < -0.3 is 15.4 Å². The molecule has 0 saturated carbocycles. The summed E-state index contributed by atoms with van der Waals surface area (Å²) in [7, 11) is 0. The number of hydrogen-bond acceptors (Lipinski definition) is 4. The van der Waals surface area contributed by atoms with Crippen molar-refractivity contribution in [2.45, 2.75) is 17.6 Å². The first kappa shape index (κ1) is 25.8. The first-order chi connectivity index (χ1) is 18.1. The number of ether oxygens (including phenoxy) is 1. The van der Waals surface area contributed by atoms with E-state index in [-0.39, 0.29) is 11.6 Å². The molecule has 0 atom stereocenters. The quantitative estimate of drug-likeness (QED) is 0.183. The second-order valence-electron chi connectivity index (χ2n) is 8.13. The molecule has 0 unspecified atom stereocenters. The lowest BCUT2D eigenvalue weighted by Crippen LogP contribution is -2.30. The maximum Gasteiger partial charge on any atom is 0.272 e. The third-order valence-electron chi connectivity index (χ3n) is 5.39. The zero-order chi connectivity index (χ0) is 25.9. The molecule has 0 spiro atoms. The molecule has 0 aromatic heterocycles. The van der Waals surface area contributed by atoms with Crippen LogP contribution in [0, 0.1) is 0 Å². The highest BCUT2D eigenvalue weighted by Crippen LogP contribution is 2.24. The van der Waals surface area contributed by atoms with Gasteiger partial charge in [-0.05, 0) is 72.7 Å². The van der Waals surface area contributed by atoms with Crippen LogP contribution in [0.25, 0.3) is 6.08 Å². The van der Waals surface area contributed by atoms with Crippen LogP contribution in [0.5, 0.6) is 5.75 Å². The molecule has 4 rings (SSSR count). The van der Waals surface area contributed by atoms with Crippen molar-refractivity contribution < 1.29 is 14.3 Å². The van der Waals surface area contributed by atoms with E-state index in [2.05, 4.69) is 22.8 Å². The summed E-state index contributed by atoms with van der Waals surface area (Å²) in [5.74, 6) is 0.834. The predicted octanol–water partition coefficient (Wildman–Crippen LogP) is 6.79. The van der Waals surface area contributed by atoms with Gasteiger partial charge in [0, 0.05) is 21.9 Å². The van der Waals surface area contributed by atoms with Crippen LogP contribution in [-0.2, 0) is 10.5 Å². The summed E-state index contributed by atoms with van der Waals surface area (Å²) >= 11 is 1.73. The van der Waals surface area contributed by atoms with Gasteiger partial charge in [-0.15, -0.1) is 11.8 Å². The topological polar surface area (TPSA) is 67.4 Å². The van der Waals surface area contributed by atoms with E-state index < -0.39 is 5.91 Å². The van der Waals surface area contributed by atoms with E-state index >= 15 is 0 Å². The fourth-order valence-electron chi connectivity index (χ4n) is 3.51. The average molecular weight is 509 g/mol. The fourth-order valence-corrected chi connectivity index (χ4v) is 4.36. The number of carbonyl (C=O) groups is 2. The molecule has 4 aromatic carbocycles. The van der Waals surface area contributed by atoms with E-state index in [0.29, 0.717) is 17.9 Å². The van der Waals surface area contributed by atoms with Crippen molar-refractivity contribution >= 4 is 35.3 Å². The van der Waals surface area contributed by atoms with Crippen molar-refractivity contribution in [3.05, 3.63) is 132 Å². The molecule has 4 aromatic rings. The summed E-state index contributed by atoms with van der Waals surface area (Å²) in [5, 5.41) is 5.66. The summed E-state index contributed by atoms with van der Waals surface area (Å²) in [6.45, 7) is 2.49. The molecule has 0 saturated heterocycles. The van der Waals surface area contributed by atoms with Crippen LogP contribution in [0.4, 0.5) is 5.69 Å². The van der Waals surface area contributed by atoms with Gasteiger partial charge in [0.2, 0.25) is 0 Å². The molecule has 0 heterocycles. The molecule has 2 N–H and O–H groups in total. The lowest BCUT2D eigenvalue weighted by atomic mass is 10.1. The number of carbonyl (C=O) groups excluding carboxylic acids is 2. The molecular weight excluding hydrogens is 480 g/mol. The SMILES string of the molecule is CCOc1ccc(/C=C(\NC(=O)c2ccccc2)C(=O)Nc2ccc(SCc3ccccc3)cc2)cc1. The van der Waals surface area contributed by atoms with Crippen LogP contribution in [0.1, 0.15) is 28.4 Å². The number of anilines is 1. The number of rotatable bonds is 10. The zero-order valence-electron chi connectivity index (χ0n) is 20.5. The number of thioether (sulfide) groups is 1. The Morgan fingerprint density at radius 1 is 0.811 bits per heavy atom. The Morgan fingerprint density at radius 2 is 1.46 bits per heavy atom. The van der Waals surface area contributed by atoms with E-state index in [1.807, 2.05) is 79.7 Å². The van der Waals surface area contributed by atoms with Crippen molar-refractivity contribution in [2.75, 3.05) is 11.9 Å². The Hall–Kier alpha value is -4.29. The largest absolute Gasteiger partial charge is 0.494 e. The lowest BCUT2D eigenvalue weighted by molar-refractivity contribution is -0.113. The predicted molar refractivity (Wildman–Crippen MR) is 151 cm³/mol. The molecule has 0 radical (unpaired) electrons. The minimum absolute atomic E-state index is 0.139. The van der Waals surface area contributed by atoms with Gasteiger partial charge >= 0.3 is 0 Å². The van der Waals surface area contributed by atoms with Crippen LogP contribution in [0.3, 0.4) is 0 Å². The molecule has 5 nitrogen and oxygen atoms in total. The highest BCUT2D eigenvalue weighted by molar-refractivity contribution is 7.98. The van der Waals surface area contributed by atoms with Crippen molar-refractivity contribution in [1.29, 1.82) is 0 Å². The highest BCUT2D eigenvalue weighted by atomic mass is 32.2. The summed E-state index contributed by atoms with van der Waals surface area (Å²) < 4.78 is 5.50. The standard InChI is InChI=1S/C31H28N2O3S/c1-2-36-27-17-13-23(14-18-27)21-29(33-30(34)25-11-7-4-8-12-25)31(35)32-26-15-19-28(20-16-26)37-22-24-9-5-3-6-10-24/h3-21H,2,22H2,1H3,(H,32,35)(H,33,34)/b29-21-. The summed E-state index contributed by atoms with van der Waals surface area (Å²) in [6, 6.07) is 34.1. The monoisotopic (exact) mass is 508 g/mol. The van der Waals surface area contributed by atoms with Gasteiger partial charge in [0.1, 0.15) is 11.4 Å². The Labute approximate surface area is 221 Å². The second-order valence-corrected chi connectivity index (χ2v) is 9.18. The first-order valence-electron chi connectivity index (χ1n) is 12.0. The van der Waals surface area contributed by atoms with Crippen molar-refractivity contribution in [3.63, 3.8) is 0 Å². The molecule has 0 aliphatic carbocycles. The minimum Gasteiger partial charge on any atom is -0.494 e. The molecule has 0 fully saturated rings. The Balaban J connectivity index is 1.47. The van der Waals surface area contributed by atoms with Crippen molar-refractivity contribution in [1.82, 2.24) is 5.32 Å². The minimum atomic E-state index is -0.414. The van der Waals surface area contributed by atoms with Gasteiger partial charge in [-0.25, -0.2) is 0 Å². The zero-order valence-corrected chi connectivity index (χ0v) is 21.3.